The van der Waals surface area contributed by atoms with Gasteiger partial charge in [-0.1, -0.05) is 18.2 Å². The smallest absolute Gasteiger partial charge is 0.275 e. The summed E-state index contributed by atoms with van der Waals surface area (Å²) in [5.41, 5.74) is 6.73. The van der Waals surface area contributed by atoms with Crippen molar-refractivity contribution < 1.29 is 9.90 Å². The Labute approximate surface area is 122 Å². The largest absolute Gasteiger partial charge is 0.504 e. The van der Waals surface area contributed by atoms with Gasteiger partial charge in [0.2, 0.25) is 0 Å². The predicted molar refractivity (Wildman–Crippen MR) is 78.3 cm³/mol. The summed E-state index contributed by atoms with van der Waals surface area (Å²) < 4.78 is 1.48. The number of rotatable bonds is 5. The van der Waals surface area contributed by atoms with E-state index >= 15 is 0 Å². The highest BCUT2D eigenvalue weighted by Gasteiger charge is 2.29. The van der Waals surface area contributed by atoms with E-state index in [2.05, 4.69) is 10.4 Å². The summed E-state index contributed by atoms with van der Waals surface area (Å²) in [7, 11) is 0. The molecule has 0 aliphatic heterocycles. The number of carbonyl (C=O) groups is 1. The summed E-state index contributed by atoms with van der Waals surface area (Å²) in [6.45, 7) is 0.404. The minimum atomic E-state index is -0.404. The Balaban J connectivity index is 1.70. The van der Waals surface area contributed by atoms with Gasteiger partial charge in [0.25, 0.3) is 5.91 Å². The minimum Gasteiger partial charge on any atom is -0.504 e. The molecule has 1 saturated carbocycles. The molecule has 1 atom stereocenters. The number of amides is 1. The van der Waals surface area contributed by atoms with Gasteiger partial charge in [0.05, 0.1) is 11.9 Å². The first-order chi connectivity index (χ1) is 10.1. The number of hydrogen-bond donors (Lipinski definition) is 3. The third-order valence-electron chi connectivity index (χ3n) is 3.66. The number of aromatic hydroxyl groups is 1. The number of carbonyl (C=O) groups excluding carboxylic acids is 1. The topological polar surface area (TPSA) is 93.2 Å². The van der Waals surface area contributed by atoms with Gasteiger partial charge in [-0.3, -0.25) is 4.79 Å². The maximum Gasteiger partial charge on any atom is 0.275 e. The molecule has 0 saturated heterocycles. The first-order valence-electron chi connectivity index (χ1n) is 7.03. The van der Waals surface area contributed by atoms with Gasteiger partial charge in [0.1, 0.15) is 0 Å². The molecule has 4 N–H and O–H groups in total. The Morgan fingerprint density at radius 2 is 2.14 bits per heavy atom. The van der Waals surface area contributed by atoms with E-state index in [1.165, 1.54) is 10.9 Å². The van der Waals surface area contributed by atoms with Crippen molar-refractivity contribution in [3.8, 4) is 11.4 Å². The van der Waals surface area contributed by atoms with E-state index in [4.69, 9.17) is 5.73 Å². The number of hydrogen-bond acceptors (Lipinski definition) is 4. The van der Waals surface area contributed by atoms with Crippen LogP contribution in [0.1, 0.15) is 23.3 Å². The van der Waals surface area contributed by atoms with Gasteiger partial charge < -0.3 is 16.2 Å². The van der Waals surface area contributed by atoms with E-state index in [1.807, 2.05) is 30.3 Å². The molecule has 0 spiro atoms. The number of nitrogens with zero attached hydrogens (tertiary/aromatic N) is 2. The number of aromatic nitrogens is 2. The molecule has 6 heteroatoms. The van der Waals surface area contributed by atoms with E-state index in [1.54, 1.807) is 0 Å². The molecular weight excluding hydrogens is 268 g/mol. The fourth-order valence-electron chi connectivity index (χ4n) is 2.22. The van der Waals surface area contributed by atoms with Gasteiger partial charge in [-0.15, -0.1) is 0 Å². The lowest BCUT2D eigenvalue weighted by atomic mass is 10.2. The lowest BCUT2D eigenvalue weighted by Crippen LogP contribution is -2.38. The Bertz CT molecular complexity index is 634. The zero-order valence-corrected chi connectivity index (χ0v) is 11.6. The number of para-hydroxylation sites is 1. The SMILES string of the molecule is NC(CNC(=O)c1nn(-c2ccccc2)cc1O)C1CC1. The first-order valence-corrected chi connectivity index (χ1v) is 7.03. The molecule has 1 fully saturated rings. The van der Waals surface area contributed by atoms with Crippen LogP contribution < -0.4 is 11.1 Å². The molecule has 0 radical (unpaired) electrons. The van der Waals surface area contributed by atoms with E-state index in [9.17, 15) is 9.90 Å². The zero-order valence-electron chi connectivity index (χ0n) is 11.6. The average Bonchev–Trinajstić information content (AvgIpc) is 3.28. The molecule has 6 nitrogen and oxygen atoms in total. The normalized spacial score (nSPS) is 15.7. The molecule has 1 aliphatic rings. The second kappa shape index (κ2) is 5.57. The van der Waals surface area contributed by atoms with Crippen LogP contribution in [0.3, 0.4) is 0 Å². The second-order valence-electron chi connectivity index (χ2n) is 5.35. The maximum absolute atomic E-state index is 12.1. The molecular formula is C15H18N4O2. The average molecular weight is 286 g/mol. The molecule has 0 bridgehead atoms. The van der Waals surface area contributed by atoms with Gasteiger partial charge in [-0.2, -0.15) is 5.10 Å². The van der Waals surface area contributed by atoms with Crippen LogP contribution in [0.5, 0.6) is 5.75 Å². The third kappa shape index (κ3) is 3.05. The summed E-state index contributed by atoms with van der Waals surface area (Å²) in [4.78, 5) is 12.1. The molecule has 110 valence electrons. The summed E-state index contributed by atoms with van der Waals surface area (Å²) in [5.74, 6) is -0.0320. The van der Waals surface area contributed by atoms with Crippen molar-refractivity contribution in [3.05, 3.63) is 42.2 Å². The van der Waals surface area contributed by atoms with Crippen molar-refractivity contribution >= 4 is 5.91 Å². The van der Waals surface area contributed by atoms with Crippen LogP contribution >= 0.6 is 0 Å². The van der Waals surface area contributed by atoms with Crippen LogP contribution in [0.25, 0.3) is 5.69 Å². The number of nitrogens with two attached hydrogens (primary N) is 1. The Kier molecular flexibility index (Phi) is 3.62. The minimum absolute atomic E-state index is 0.0156. The molecule has 1 unspecified atom stereocenters. The third-order valence-corrected chi connectivity index (χ3v) is 3.66. The lowest BCUT2D eigenvalue weighted by molar-refractivity contribution is 0.0942. The zero-order chi connectivity index (χ0) is 14.8. The van der Waals surface area contributed by atoms with Gasteiger partial charge in [0, 0.05) is 12.6 Å². The molecule has 1 aromatic heterocycles. The van der Waals surface area contributed by atoms with Crippen molar-refractivity contribution in [1.29, 1.82) is 0 Å². The molecule has 3 rings (SSSR count). The van der Waals surface area contributed by atoms with Crippen LogP contribution in [0.15, 0.2) is 36.5 Å². The Morgan fingerprint density at radius 1 is 1.43 bits per heavy atom. The Hall–Kier alpha value is -2.34. The monoisotopic (exact) mass is 286 g/mol. The summed E-state index contributed by atoms with van der Waals surface area (Å²) in [5, 5.41) is 16.7. The van der Waals surface area contributed by atoms with Crippen LogP contribution in [0.2, 0.25) is 0 Å². The first kappa shape index (κ1) is 13.6. The Morgan fingerprint density at radius 3 is 2.81 bits per heavy atom. The quantitative estimate of drug-likeness (QED) is 0.765. The fraction of sp³-hybridized carbons (Fsp3) is 0.333. The lowest BCUT2D eigenvalue weighted by Gasteiger charge is -2.10. The second-order valence-corrected chi connectivity index (χ2v) is 5.35. The van der Waals surface area contributed by atoms with Crippen molar-refractivity contribution in [2.45, 2.75) is 18.9 Å². The van der Waals surface area contributed by atoms with Crippen molar-refractivity contribution in [1.82, 2.24) is 15.1 Å². The van der Waals surface area contributed by atoms with Crippen LogP contribution in [-0.4, -0.2) is 33.4 Å². The standard InChI is InChI=1S/C15H18N4O2/c16-12(10-6-7-10)8-17-15(21)14-13(20)9-19(18-14)11-4-2-1-3-5-11/h1-5,9-10,12,20H,6-8,16H2,(H,17,21). The van der Waals surface area contributed by atoms with Crippen LogP contribution in [0.4, 0.5) is 0 Å². The molecule has 21 heavy (non-hydrogen) atoms. The van der Waals surface area contributed by atoms with E-state index in [0.29, 0.717) is 12.5 Å². The van der Waals surface area contributed by atoms with Crippen molar-refractivity contribution in [2.24, 2.45) is 11.7 Å². The number of benzene rings is 1. The van der Waals surface area contributed by atoms with Crippen molar-refractivity contribution in [2.75, 3.05) is 6.54 Å². The molecule has 1 aromatic carbocycles. The van der Waals surface area contributed by atoms with Gasteiger partial charge in [0.15, 0.2) is 11.4 Å². The summed E-state index contributed by atoms with van der Waals surface area (Å²) >= 11 is 0. The maximum atomic E-state index is 12.1. The highest BCUT2D eigenvalue weighted by atomic mass is 16.3. The van der Waals surface area contributed by atoms with Gasteiger partial charge >= 0.3 is 0 Å². The van der Waals surface area contributed by atoms with Crippen LogP contribution in [0, 0.1) is 5.92 Å². The van der Waals surface area contributed by atoms with Crippen LogP contribution in [-0.2, 0) is 0 Å². The predicted octanol–water partition coefficient (Wildman–Crippen LogP) is 1.04. The van der Waals surface area contributed by atoms with Gasteiger partial charge in [-0.25, -0.2) is 4.68 Å². The summed E-state index contributed by atoms with van der Waals surface area (Å²) in [6.07, 6.45) is 3.68. The highest BCUT2D eigenvalue weighted by molar-refractivity contribution is 5.94. The summed E-state index contributed by atoms with van der Waals surface area (Å²) in [6, 6.07) is 9.28. The number of nitrogens with one attached hydrogen (secondary N) is 1. The van der Waals surface area contributed by atoms with E-state index < -0.39 is 5.91 Å². The highest BCUT2D eigenvalue weighted by Crippen LogP contribution is 2.31. The fourth-order valence-corrected chi connectivity index (χ4v) is 2.22. The van der Waals surface area contributed by atoms with E-state index in [0.717, 1.165) is 18.5 Å². The van der Waals surface area contributed by atoms with Gasteiger partial charge in [-0.05, 0) is 30.9 Å². The molecule has 1 heterocycles. The van der Waals surface area contributed by atoms with Crippen molar-refractivity contribution in [3.63, 3.8) is 0 Å². The molecule has 2 aromatic rings. The molecule has 1 aliphatic carbocycles. The molecule has 1 amide bonds. The van der Waals surface area contributed by atoms with E-state index in [-0.39, 0.29) is 17.5 Å².